The van der Waals surface area contributed by atoms with E-state index in [1.54, 1.807) is 16.3 Å². The van der Waals surface area contributed by atoms with E-state index in [1.807, 2.05) is 18.9 Å². The van der Waals surface area contributed by atoms with Crippen molar-refractivity contribution in [3.8, 4) is 0 Å². The largest absolute Gasteiger partial charge is 0.343 e. The minimum Gasteiger partial charge on any atom is -0.343 e. The van der Waals surface area contributed by atoms with E-state index in [0.717, 1.165) is 72.4 Å². The first-order valence-corrected chi connectivity index (χ1v) is 13.6. The quantitative estimate of drug-likeness (QED) is 0.283. The third-order valence-corrected chi connectivity index (χ3v) is 8.02. The van der Waals surface area contributed by atoms with Gasteiger partial charge in [0.2, 0.25) is 5.91 Å². The number of likely N-dealkylation sites (tertiary alicyclic amines) is 1. The van der Waals surface area contributed by atoms with Crippen molar-refractivity contribution in [3.63, 3.8) is 0 Å². The van der Waals surface area contributed by atoms with Crippen molar-refractivity contribution in [2.24, 2.45) is 13.0 Å². The smallest absolute Gasteiger partial charge is 0.257 e. The molecule has 0 radical (unpaired) electrons. The van der Waals surface area contributed by atoms with E-state index in [1.165, 1.54) is 5.56 Å². The highest BCUT2D eigenvalue weighted by atomic mass is 32.2. The van der Waals surface area contributed by atoms with Crippen LogP contribution in [-0.2, 0) is 23.7 Å². The normalized spacial score (nSPS) is 15.1. The molecule has 1 saturated heterocycles. The number of amides is 1. The first kappa shape index (κ1) is 26.5. The molecule has 0 unspecified atom stereocenters. The van der Waals surface area contributed by atoms with Crippen LogP contribution in [-0.4, -0.2) is 39.2 Å². The van der Waals surface area contributed by atoms with E-state index in [9.17, 15) is 9.59 Å². The van der Waals surface area contributed by atoms with Gasteiger partial charge in [-0.3, -0.25) is 14.2 Å². The van der Waals surface area contributed by atoms with Crippen molar-refractivity contribution >= 4 is 17.7 Å². The number of aryl methyl sites for hydroxylation is 1. The molecule has 1 aromatic carbocycles. The third kappa shape index (κ3) is 6.97. The number of nitrogens with zero attached hydrogens (tertiary/aromatic N) is 3. The second kappa shape index (κ2) is 11.6. The molecule has 3 rings (SSSR count). The molecular weight excluding hydrogens is 442 g/mol. The number of hydrogen-bond donors (Lipinski definition) is 0. The Balaban J connectivity index is 1.52. The van der Waals surface area contributed by atoms with Gasteiger partial charge in [-0.15, -0.1) is 0 Å². The molecule has 34 heavy (non-hydrogen) atoms. The molecule has 1 fully saturated rings. The molecular formula is C28H41N3O2S. The average molecular weight is 484 g/mol. The van der Waals surface area contributed by atoms with E-state index < -0.39 is 0 Å². The lowest BCUT2D eigenvalue weighted by atomic mass is 9.86. The van der Waals surface area contributed by atoms with Crippen molar-refractivity contribution in [2.75, 3.05) is 18.8 Å². The van der Waals surface area contributed by atoms with Crippen LogP contribution in [0.15, 0.2) is 34.2 Å². The van der Waals surface area contributed by atoms with Gasteiger partial charge in [-0.05, 0) is 55.1 Å². The highest BCUT2D eigenvalue weighted by Crippen LogP contribution is 2.24. The summed E-state index contributed by atoms with van der Waals surface area (Å²) in [7, 11) is 1.81. The molecule has 5 nitrogen and oxygen atoms in total. The lowest BCUT2D eigenvalue weighted by Gasteiger charge is -2.30. The van der Waals surface area contributed by atoms with Crippen molar-refractivity contribution in [1.29, 1.82) is 0 Å². The maximum atomic E-state index is 13.1. The zero-order valence-electron chi connectivity index (χ0n) is 21.8. The lowest BCUT2D eigenvalue weighted by molar-refractivity contribution is -0.132. The molecule has 2 heterocycles. The highest BCUT2D eigenvalue weighted by Gasteiger charge is 2.20. The average Bonchev–Trinajstić information content (AvgIpc) is 2.79. The Morgan fingerprint density at radius 1 is 1.12 bits per heavy atom. The van der Waals surface area contributed by atoms with E-state index >= 15 is 0 Å². The van der Waals surface area contributed by atoms with Crippen LogP contribution in [0, 0.1) is 12.8 Å². The molecule has 1 aliphatic heterocycles. The van der Waals surface area contributed by atoms with Gasteiger partial charge in [0, 0.05) is 50.0 Å². The van der Waals surface area contributed by atoms with Gasteiger partial charge < -0.3 is 4.90 Å². The Kier molecular flexibility index (Phi) is 9.02. The minimum atomic E-state index is 0.0319. The van der Waals surface area contributed by atoms with Crippen LogP contribution in [0.4, 0.5) is 0 Å². The van der Waals surface area contributed by atoms with E-state index in [0.29, 0.717) is 12.8 Å². The molecule has 0 bridgehead atoms. The Bertz CT molecular complexity index is 1030. The van der Waals surface area contributed by atoms with Crippen molar-refractivity contribution in [3.05, 3.63) is 57.0 Å². The van der Waals surface area contributed by atoms with Crippen molar-refractivity contribution < 1.29 is 4.79 Å². The predicted octanol–water partition coefficient (Wildman–Crippen LogP) is 5.50. The van der Waals surface area contributed by atoms with Crippen LogP contribution in [0.3, 0.4) is 0 Å². The summed E-state index contributed by atoms with van der Waals surface area (Å²) in [6.45, 7) is 12.6. The first-order chi connectivity index (χ1) is 16.1. The number of carbonyl (C=O) groups excluding carboxylic acids is 1. The standard InChI is InChI=1S/C28H41N3O2S/c1-20-14-16-31(17-15-20)25(32)9-7-8-18-34-27-29-21(2)24(26(33)30(27)6)19-22-10-12-23(13-11-22)28(3,4)5/h10-13,20H,7-9,14-19H2,1-6H3. The fourth-order valence-electron chi connectivity index (χ4n) is 4.35. The van der Waals surface area contributed by atoms with Crippen molar-refractivity contribution in [2.45, 2.75) is 83.7 Å². The summed E-state index contributed by atoms with van der Waals surface area (Å²) in [5, 5.41) is 0.755. The van der Waals surface area contributed by atoms with Crippen LogP contribution < -0.4 is 5.56 Å². The van der Waals surface area contributed by atoms with Gasteiger partial charge in [-0.1, -0.05) is 63.7 Å². The van der Waals surface area contributed by atoms with Gasteiger partial charge in [-0.2, -0.15) is 0 Å². The Labute approximate surface area is 209 Å². The van der Waals surface area contributed by atoms with Gasteiger partial charge in [0.15, 0.2) is 5.16 Å². The van der Waals surface area contributed by atoms with E-state index in [2.05, 4.69) is 52.0 Å². The second-order valence-corrected chi connectivity index (χ2v) is 11.9. The molecule has 0 N–H and O–H groups in total. The molecule has 6 heteroatoms. The van der Waals surface area contributed by atoms with Gasteiger partial charge in [-0.25, -0.2) is 4.98 Å². The highest BCUT2D eigenvalue weighted by molar-refractivity contribution is 7.99. The van der Waals surface area contributed by atoms with Crippen LogP contribution >= 0.6 is 11.8 Å². The second-order valence-electron chi connectivity index (χ2n) is 10.8. The molecule has 0 saturated carbocycles. The van der Waals surface area contributed by atoms with Crippen molar-refractivity contribution in [1.82, 2.24) is 14.5 Å². The maximum absolute atomic E-state index is 13.1. The summed E-state index contributed by atoms with van der Waals surface area (Å²) < 4.78 is 1.68. The molecule has 1 aromatic heterocycles. The topological polar surface area (TPSA) is 55.2 Å². The molecule has 186 valence electrons. The summed E-state index contributed by atoms with van der Waals surface area (Å²) >= 11 is 1.61. The number of piperidine rings is 1. The molecule has 0 aliphatic carbocycles. The summed E-state index contributed by atoms with van der Waals surface area (Å²) in [6.07, 6.45) is 5.29. The van der Waals surface area contributed by atoms with E-state index in [-0.39, 0.29) is 16.9 Å². The Morgan fingerprint density at radius 2 is 1.76 bits per heavy atom. The fraction of sp³-hybridized carbons (Fsp3) is 0.607. The number of aromatic nitrogens is 2. The Hall–Kier alpha value is -2.08. The third-order valence-electron chi connectivity index (χ3n) is 6.90. The summed E-state index contributed by atoms with van der Waals surface area (Å²) in [5.74, 6) is 1.89. The zero-order chi connectivity index (χ0) is 24.9. The van der Waals surface area contributed by atoms with Crippen LogP contribution in [0.5, 0.6) is 0 Å². The van der Waals surface area contributed by atoms with Gasteiger partial charge >= 0.3 is 0 Å². The van der Waals surface area contributed by atoms with Crippen LogP contribution in [0.1, 0.15) is 82.2 Å². The first-order valence-electron chi connectivity index (χ1n) is 12.6. The number of hydrogen-bond acceptors (Lipinski definition) is 4. The van der Waals surface area contributed by atoms with E-state index in [4.69, 9.17) is 4.98 Å². The number of unbranched alkanes of at least 4 members (excludes halogenated alkanes) is 1. The fourth-order valence-corrected chi connectivity index (χ4v) is 5.36. The molecule has 0 spiro atoms. The van der Waals surface area contributed by atoms with Gasteiger partial charge in [0.25, 0.3) is 5.56 Å². The lowest BCUT2D eigenvalue weighted by Crippen LogP contribution is -2.37. The predicted molar refractivity (Wildman–Crippen MR) is 142 cm³/mol. The van der Waals surface area contributed by atoms with Crippen LogP contribution in [0.25, 0.3) is 0 Å². The number of rotatable bonds is 8. The minimum absolute atomic E-state index is 0.0319. The number of thioether (sulfide) groups is 1. The Morgan fingerprint density at radius 3 is 2.38 bits per heavy atom. The molecule has 1 aliphatic rings. The summed E-state index contributed by atoms with van der Waals surface area (Å²) in [5.41, 5.74) is 4.13. The molecule has 1 amide bonds. The zero-order valence-corrected chi connectivity index (χ0v) is 22.6. The maximum Gasteiger partial charge on any atom is 0.257 e. The van der Waals surface area contributed by atoms with Gasteiger partial charge in [0.1, 0.15) is 0 Å². The summed E-state index contributed by atoms with van der Waals surface area (Å²) in [4.78, 5) is 32.2. The number of benzene rings is 1. The molecule has 0 atom stereocenters. The van der Waals surface area contributed by atoms with Gasteiger partial charge in [0.05, 0.1) is 0 Å². The molecule has 2 aromatic rings. The van der Waals surface area contributed by atoms with Crippen LogP contribution in [0.2, 0.25) is 0 Å². The number of carbonyl (C=O) groups is 1. The monoisotopic (exact) mass is 483 g/mol. The SMILES string of the molecule is Cc1nc(SCCCCC(=O)N2CCC(C)CC2)n(C)c(=O)c1Cc1ccc(C(C)(C)C)cc1. The summed E-state index contributed by atoms with van der Waals surface area (Å²) in [6, 6.07) is 8.55.